The summed E-state index contributed by atoms with van der Waals surface area (Å²) in [5.41, 5.74) is 3.86. The molecule has 0 aliphatic heterocycles. The number of aromatic nitrogens is 3. The van der Waals surface area contributed by atoms with E-state index in [1.54, 1.807) is 0 Å². The summed E-state index contributed by atoms with van der Waals surface area (Å²) >= 11 is 7.74. The highest BCUT2D eigenvalue weighted by Gasteiger charge is 2.19. The molecule has 1 fully saturated rings. The number of nitrogens with zero attached hydrogens (tertiary/aromatic N) is 3. The molecular weight excluding hydrogens is 480 g/mol. The molecule has 0 unspecified atom stereocenters. The minimum Gasteiger partial charge on any atom is -0.356 e. The van der Waals surface area contributed by atoms with Crippen LogP contribution in [0, 0.1) is 6.92 Å². The third-order valence-electron chi connectivity index (χ3n) is 6.48. The number of thioether (sulfide) groups is 1. The first-order valence-electron chi connectivity index (χ1n) is 12.1. The molecule has 0 bridgehead atoms. The summed E-state index contributed by atoms with van der Waals surface area (Å²) in [6.45, 7) is 3.88. The highest BCUT2D eigenvalue weighted by molar-refractivity contribution is 7.99. The van der Waals surface area contributed by atoms with Crippen molar-refractivity contribution < 1.29 is 9.59 Å². The zero-order chi connectivity index (χ0) is 24.8. The molecule has 0 saturated heterocycles. The van der Waals surface area contributed by atoms with E-state index < -0.39 is 0 Å². The van der Waals surface area contributed by atoms with Crippen molar-refractivity contribution in [3.63, 3.8) is 0 Å². The number of ketones is 1. The first-order chi connectivity index (χ1) is 16.9. The summed E-state index contributed by atoms with van der Waals surface area (Å²) in [5.74, 6) is 1.54. The maximum Gasteiger partial charge on any atom is 0.216 e. The summed E-state index contributed by atoms with van der Waals surface area (Å²) in [6.07, 6.45) is 6.91. The van der Waals surface area contributed by atoms with Crippen LogP contribution in [0.1, 0.15) is 72.3 Å². The van der Waals surface area contributed by atoms with Gasteiger partial charge in [-0.05, 0) is 48.9 Å². The molecule has 0 radical (unpaired) electrons. The van der Waals surface area contributed by atoms with Gasteiger partial charge in [0.25, 0.3) is 0 Å². The SMILES string of the molecule is CC(=O)NCCc1nnc(SCC(=O)c2ccc(C3CCCCC3)cc2)n1-c1ccc(C)c(Cl)c1. The van der Waals surface area contributed by atoms with Crippen molar-refractivity contribution in [3.05, 3.63) is 70.0 Å². The zero-order valence-electron chi connectivity index (χ0n) is 20.2. The molecule has 184 valence electrons. The van der Waals surface area contributed by atoms with Crippen LogP contribution in [0.15, 0.2) is 47.6 Å². The van der Waals surface area contributed by atoms with Gasteiger partial charge < -0.3 is 5.32 Å². The molecule has 4 rings (SSSR count). The van der Waals surface area contributed by atoms with Crippen LogP contribution in [-0.2, 0) is 11.2 Å². The van der Waals surface area contributed by atoms with Crippen LogP contribution in [0.2, 0.25) is 5.02 Å². The number of aryl methyl sites for hydroxylation is 1. The second kappa shape index (κ2) is 11.9. The van der Waals surface area contributed by atoms with Crippen LogP contribution in [0.3, 0.4) is 0 Å². The third kappa shape index (κ3) is 6.53. The third-order valence-corrected chi connectivity index (χ3v) is 7.81. The minimum atomic E-state index is -0.0934. The monoisotopic (exact) mass is 510 g/mol. The van der Waals surface area contributed by atoms with Gasteiger partial charge in [0, 0.05) is 30.5 Å². The average molecular weight is 511 g/mol. The molecule has 1 saturated carbocycles. The van der Waals surface area contributed by atoms with E-state index in [-0.39, 0.29) is 17.4 Å². The fraction of sp³-hybridized carbons (Fsp3) is 0.407. The van der Waals surface area contributed by atoms with Crippen LogP contribution in [0.4, 0.5) is 0 Å². The lowest BCUT2D eigenvalue weighted by Crippen LogP contribution is -2.23. The molecule has 1 aliphatic rings. The first kappa shape index (κ1) is 25.5. The number of hydrogen-bond donors (Lipinski definition) is 1. The lowest BCUT2D eigenvalue weighted by atomic mass is 9.84. The van der Waals surface area contributed by atoms with E-state index in [1.165, 1.54) is 56.4 Å². The van der Waals surface area contributed by atoms with Gasteiger partial charge in [-0.2, -0.15) is 0 Å². The van der Waals surface area contributed by atoms with Crippen molar-refractivity contribution in [1.29, 1.82) is 0 Å². The van der Waals surface area contributed by atoms with Gasteiger partial charge in [-0.25, -0.2) is 0 Å². The normalized spacial score (nSPS) is 14.1. The number of amides is 1. The molecule has 3 aromatic rings. The van der Waals surface area contributed by atoms with Crippen molar-refractivity contribution in [2.45, 2.75) is 63.4 Å². The highest BCUT2D eigenvalue weighted by atomic mass is 35.5. The number of carbonyl (C=O) groups excluding carboxylic acids is 2. The van der Waals surface area contributed by atoms with E-state index in [4.69, 9.17) is 11.6 Å². The molecular formula is C27H31ClN4O2S. The zero-order valence-corrected chi connectivity index (χ0v) is 21.8. The van der Waals surface area contributed by atoms with Crippen LogP contribution in [0.25, 0.3) is 5.69 Å². The standard InChI is InChI=1S/C27H31ClN4O2S/c1-18-8-13-23(16-24(18)28)32-26(14-15-29-19(2)33)30-31-27(32)35-17-25(34)22-11-9-21(10-12-22)20-6-4-3-5-7-20/h8-13,16,20H,3-7,14-15,17H2,1-2H3,(H,29,33). The fourth-order valence-corrected chi connectivity index (χ4v) is 5.52. The second-order valence-corrected chi connectivity index (χ2v) is 10.4. The molecule has 1 amide bonds. The Morgan fingerprint density at radius 1 is 1.09 bits per heavy atom. The van der Waals surface area contributed by atoms with Crippen LogP contribution >= 0.6 is 23.4 Å². The number of benzene rings is 2. The predicted octanol–water partition coefficient (Wildman–Crippen LogP) is 5.93. The summed E-state index contributed by atoms with van der Waals surface area (Å²) in [5, 5.41) is 12.8. The van der Waals surface area contributed by atoms with E-state index in [0.29, 0.717) is 40.5 Å². The van der Waals surface area contributed by atoms with Crippen LogP contribution < -0.4 is 5.32 Å². The molecule has 1 aliphatic carbocycles. The Bertz CT molecular complexity index is 1190. The fourth-order valence-electron chi connectivity index (χ4n) is 4.48. The van der Waals surface area contributed by atoms with E-state index in [9.17, 15) is 9.59 Å². The van der Waals surface area contributed by atoms with E-state index in [0.717, 1.165) is 11.3 Å². The Kier molecular flexibility index (Phi) is 8.63. The van der Waals surface area contributed by atoms with Crippen LogP contribution in [0.5, 0.6) is 0 Å². The number of Topliss-reactive ketones (excluding diaryl/α,β-unsaturated/α-hetero) is 1. The number of hydrogen-bond acceptors (Lipinski definition) is 5. The number of carbonyl (C=O) groups is 2. The molecule has 0 atom stereocenters. The molecule has 1 aromatic heterocycles. The molecule has 0 spiro atoms. The predicted molar refractivity (Wildman–Crippen MR) is 141 cm³/mol. The van der Waals surface area contributed by atoms with E-state index >= 15 is 0 Å². The summed E-state index contributed by atoms with van der Waals surface area (Å²) in [4.78, 5) is 24.2. The molecule has 2 aromatic carbocycles. The molecule has 8 heteroatoms. The Morgan fingerprint density at radius 2 is 1.83 bits per heavy atom. The second-order valence-electron chi connectivity index (χ2n) is 9.07. The molecule has 6 nitrogen and oxygen atoms in total. The van der Waals surface area contributed by atoms with Crippen molar-refractivity contribution in [3.8, 4) is 5.69 Å². The quantitative estimate of drug-likeness (QED) is 0.285. The Hall–Kier alpha value is -2.64. The maximum atomic E-state index is 13.0. The van der Waals surface area contributed by atoms with Gasteiger partial charge in [0.2, 0.25) is 5.91 Å². The number of rotatable bonds is 9. The van der Waals surface area contributed by atoms with Gasteiger partial charge in [-0.1, -0.05) is 73.0 Å². The van der Waals surface area contributed by atoms with Gasteiger partial charge in [-0.3, -0.25) is 14.2 Å². The summed E-state index contributed by atoms with van der Waals surface area (Å²) in [7, 11) is 0. The largest absolute Gasteiger partial charge is 0.356 e. The van der Waals surface area contributed by atoms with Crippen molar-refractivity contribution in [1.82, 2.24) is 20.1 Å². The Labute approximate surface area is 215 Å². The maximum absolute atomic E-state index is 13.0. The lowest BCUT2D eigenvalue weighted by molar-refractivity contribution is -0.118. The van der Waals surface area contributed by atoms with E-state index in [1.807, 2.05) is 41.8 Å². The summed E-state index contributed by atoms with van der Waals surface area (Å²) in [6, 6.07) is 13.9. The highest BCUT2D eigenvalue weighted by Crippen LogP contribution is 2.33. The van der Waals surface area contributed by atoms with Gasteiger partial charge in [0.1, 0.15) is 5.82 Å². The van der Waals surface area contributed by atoms with Gasteiger partial charge in [0.05, 0.1) is 11.4 Å². The Balaban J connectivity index is 1.48. The van der Waals surface area contributed by atoms with Gasteiger partial charge in [-0.15, -0.1) is 10.2 Å². The summed E-state index contributed by atoms with van der Waals surface area (Å²) < 4.78 is 1.91. The van der Waals surface area contributed by atoms with Crippen LogP contribution in [-0.4, -0.2) is 38.8 Å². The Morgan fingerprint density at radius 3 is 2.51 bits per heavy atom. The van der Waals surface area contributed by atoms with Crippen molar-refractivity contribution >= 4 is 35.1 Å². The topological polar surface area (TPSA) is 76.9 Å². The average Bonchev–Trinajstić information content (AvgIpc) is 3.27. The first-order valence-corrected chi connectivity index (χ1v) is 13.5. The number of nitrogens with one attached hydrogen (secondary N) is 1. The van der Waals surface area contributed by atoms with Gasteiger partial charge >= 0.3 is 0 Å². The van der Waals surface area contributed by atoms with Gasteiger partial charge in [0.15, 0.2) is 10.9 Å². The smallest absolute Gasteiger partial charge is 0.216 e. The van der Waals surface area contributed by atoms with Crippen molar-refractivity contribution in [2.24, 2.45) is 0 Å². The number of halogens is 1. The van der Waals surface area contributed by atoms with Crippen molar-refractivity contribution in [2.75, 3.05) is 12.3 Å². The van der Waals surface area contributed by atoms with E-state index in [2.05, 4.69) is 27.6 Å². The molecule has 1 N–H and O–H groups in total. The lowest BCUT2D eigenvalue weighted by Gasteiger charge is -2.22. The molecule has 1 heterocycles. The molecule has 35 heavy (non-hydrogen) atoms. The minimum absolute atomic E-state index is 0.0569.